The number of amides is 1. The first kappa shape index (κ1) is 15.4. The highest BCUT2D eigenvalue weighted by Gasteiger charge is 2.25. The summed E-state index contributed by atoms with van der Waals surface area (Å²) in [4.78, 5) is 27.4. The Morgan fingerprint density at radius 3 is 2.38 bits per heavy atom. The number of piperazine rings is 1. The molecule has 21 heavy (non-hydrogen) atoms. The van der Waals surface area contributed by atoms with E-state index < -0.39 is 5.97 Å². The number of hydrogen-bond acceptors (Lipinski definition) is 5. The lowest BCUT2D eigenvalue weighted by atomic mass is 10.1. The average Bonchev–Trinajstić information content (AvgIpc) is 2.83. The molecule has 0 spiro atoms. The van der Waals surface area contributed by atoms with Crippen molar-refractivity contribution in [3.05, 3.63) is 11.4 Å². The van der Waals surface area contributed by atoms with Gasteiger partial charge in [-0.05, 0) is 13.0 Å². The lowest BCUT2D eigenvalue weighted by molar-refractivity contribution is -0.133. The largest absolute Gasteiger partial charge is 0.476 e. The maximum Gasteiger partial charge on any atom is 0.358 e. The first-order chi connectivity index (χ1) is 9.90. The van der Waals surface area contributed by atoms with Crippen LogP contribution in [0.4, 0.5) is 0 Å². The molecule has 0 saturated carbocycles. The van der Waals surface area contributed by atoms with E-state index in [4.69, 9.17) is 5.11 Å². The molecule has 0 aromatic carbocycles. The van der Waals surface area contributed by atoms with Gasteiger partial charge in [0, 0.05) is 26.2 Å². The Balaban J connectivity index is 2.12. The number of likely N-dealkylation sites (N-methyl/N-ethyl adjacent to an activating group) is 1. The highest BCUT2D eigenvalue weighted by atomic mass is 16.4. The van der Waals surface area contributed by atoms with Crippen molar-refractivity contribution in [2.24, 2.45) is 0 Å². The molecule has 1 aromatic rings. The van der Waals surface area contributed by atoms with Gasteiger partial charge in [0.05, 0.1) is 5.69 Å². The maximum atomic E-state index is 12.3. The molecular weight excluding hydrogens is 274 g/mol. The number of aromatic nitrogens is 3. The predicted molar refractivity (Wildman–Crippen MR) is 75.1 cm³/mol. The SMILES string of the molecule is CC(C)c1c(C(=O)O)nnn1CC(=O)N1CCN(C)CC1. The molecule has 1 aliphatic heterocycles. The van der Waals surface area contributed by atoms with Crippen molar-refractivity contribution in [1.82, 2.24) is 24.8 Å². The number of aromatic carboxylic acids is 1. The molecule has 8 nitrogen and oxygen atoms in total. The second kappa shape index (κ2) is 6.21. The van der Waals surface area contributed by atoms with E-state index in [1.165, 1.54) is 4.68 Å². The molecule has 0 bridgehead atoms. The fourth-order valence-corrected chi connectivity index (χ4v) is 2.44. The van der Waals surface area contributed by atoms with Crippen LogP contribution >= 0.6 is 0 Å². The molecule has 0 atom stereocenters. The zero-order valence-electron chi connectivity index (χ0n) is 12.6. The number of carbonyl (C=O) groups excluding carboxylic acids is 1. The number of carboxylic acid groups (broad SMARTS) is 1. The van der Waals surface area contributed by atoms with Crippen LogP contribution in [0.25, 0.3) is 0 Å². The first-order valence-electron chi connectivity index (χ1n) is 7.03. The molecule has 1 aromatic heterocycles. The van der Waals surface area contributed by atoms with Crippen LogP contribution in [0.5, 0.6) is 0 Å². The molecular formula is C13H21N5O3. The van der Waals surface area contributed by atoms with Gasteiger partial charge in [-0.2, -0.15) is 0 Å². The van der Waals surface area contributed by atoms with Crippen molar-refractivity contribution in [3.8, 4) is 0 Å². The molecule has 0 radical (unpaired) electrons. The van der Waals surface area contributed by atoms with Gasteiger partial charge >= 0.3 is 5.97 Å². The molecule has 1 aliphatic rings. The average molecular weight is 295 g/mol. The van der Waals surface area contributed by atoms with Crippen LogP contribution in [0.2, 0.25) is 0 Å². The van der Waals surface area contributed by atoms with E-state index >= 15 is 0 Å². The van der Waals surface area contributed by atoms with Crippen molar-refractivity contribution in [2.45, 2.75) is 26.3 Å². The summed E-state index contributed by atoms with van der Waals surface area (Å²) in [5, 5.41) is 16.6. The summed E-state index contributed by atoms with van der Waals surface area (Å²) in [6.07, 6.45) is 0. The normalized spacial score (nSPS) is 16.5. The minimum Gasteiger partial charge on any atom is -0.476 e. The van der Waals surface area contributed by atoms with Crippen LogP contribution in [0.1, 0.15) is 35.9 Å². The topological polar surface area (TPSA) is 91.6 Å². The van der Waals surface area contributed by atoms with E-state index in [2.05, 4.69) is 15.2 Å². The number of nitrogens with zero attached hydrogens (tertiary/aromatic N) is 5. The van der Waals surface area contributed by atoms with Gasteiger partial charge < -0.3 is 14.9 Å². The highest BCUT2D eigenvalue weighted by Crippen LogP contribution is 2.17. The molecule has 0 aliphatic carbocycles. The van der Waals surface area contributed by atoms with E-state index in [1.807, 2.05) is 20.9 Å². The monoisotopic (exact) mass is 295 g/mol. The molecule has 1 N–H and O–H groups in total. The summed E-state index contributed by atoms with van der Waals surface area (Å²) >= 11 is 0. The Kier molecular flexibility index (Phi) is 4.56. The van der Waals surface area contributed by atoms with E-state index in [9.17, 15) is 9.59 Å². The minimum atomic E-state index is -1.11. The lowest BCUT2D eigenvalue weighted by Gasteiger charge is -2.32. The van der Waals surface area contributed by atoms with Crippen LogP contribution in [-0.4, -0.2) is 75.0 Å². The van der Waals surface area contributed by atoms with Crippen molar-refractivity contribution in [1.29, 1.82) is 0 Å². The molecule has 2 rings (SSSR count). The molecule has 2 heterocycles. The minimum absolute atomic E-state index is 0.0392. The van der Waals surface area contributed by atoms with E-state index in [0.29, 0.717) is 18.8 Å². The van der Waals surface area contributed by atoms with Gasteiger partial charge in [0.15, 0.2) is 5.69 Å². The second-order valence-electron chi connectivity index (χ2n) is 5.62. The van der Waals surface area contributed by atoms with Crippen molar-refractivity contribution >= 4 is 11.9 Å². The van der Waals surface area contributed by atoms with Gasteiger partial charge in [0.25, 0.3) is 0 Å². The van der Waals surface area contributed by atoms with Crippen LogP contribution < -0.4 is 0 Å². The molecule has 8 heteroatoms. The number of carbonyl (C=O) groups is 2. The van der Waals surface area contributed by atoms with Gasteiger partial charge in [-0.25, -0.2) is 9.48 Å². The molecule has 0 unspecified atom stereocenters. The molecule has 1 amide bonds. The predicted octanol–water partition coefficient (Wildman–Crippen LogP) is -0.126. The zero-order valence-corrected chi connectivity index (χ0v) is 12.6. The summed E-state index contributed by atoms with van der Waals surface area (Å²) in [5.74, 6) is -1.23. The fourth-order valence-electron chi connectivity index (χ4n) is 2.44. The number of carboxylic acids is 1. The van der Waals surface area contributed by atoms with Gasteiger partial charge in [0.1, 0.15) is 6.54 Å². The summed E-state index contributed by atoms with van der Waals surface area (Å²) in [5.41, 5.74) is 0.418. The van der Waals surface area contributed by atoms with E-state index in [1.54, 1.807) is 4.90 Å². The van der Waals surface area contributed by atoms with E-state index in [-0.39, 0.29) is 24.1 Å². The molecule has 116 valence electrons. The Morgan fingerprint density at radius 1 is 1.24 bits per heavy atom. The van der Waals surface area contributed by atoms with Gasteiger partial charge in [-0.15, -0.1) is 5.10 Å². The van der Waals surface area contributed by atoms with Crippen molar-refractivity contribution in [3.63, 3.8) is 0 Å². The van der Waals surface area contributed by atoms with Gasteiger partial charge in [-0.3, -0.25) is 4.79 Å². The fraction of sp³-hybridized carbons (Fsp3) is 0.692. The third kappa shape index (κ3) is 3.38. The third-order valence-corrected chi connectivity index (χ3v) is 3.66. The summed E-state index contributed by atoms with van der Waals surface area (Å²) in [7, 11) is 2.02. The number of hydrogen-bond donors (Lipinski definition) is 1. The Hall–Kier alpha value is -1.96. The summed E-state index contributed by atoms with van der Waals surface area (Å²) in [6.45, 7) is 6.84. The second-order valence-corrected chi connectivity index (χ2v) is 5.62. The Morgan fingerprint density at radius 2 is 1.86 bits per heavy atom. The lowest BCUT2D eigenvalue weighted by Crippen LogP contribution is -2.48. The van der Waals surface area contributed by atoms with Gasteiger partial charge in [0.2, 0.25) is 5.91 Å². The van der Waals surface area contributed by atoms with Crippen molar-refractivity contribution < 1.29 is 14.7 Å². The highest BCUT2D eigenvalue weighted by molar-refractivity contribution is 5.87. The third-order valence-electron chi connectivity index (χ3n) is 3.66. The summed E-state index contributed by atoms with van der Waals surface area (Å²) in [6, 6.07) is 0. The van der Waals surface area contributed by atoms with Crippen LogP contribution in [0, 0.1) is 0 Å². The molecule has 1 saturated heterocycles. The quantitative estimate of drug-likeness (QED) is 0.832. The molecule has 1 fully saturated rings. The Labute approximate surface area is 123 Å². The number of rotatable bonds is 4. The Bertz CT molecular complexity index is 532. The van der Waals surface area contributed by atoms with Crippen molar-refractivity contribution in [2.75, 3.05) is 33.2 Å². The smallest absolute Gasteiger partial charge is 0.358 e. The standard InChI is InChI=1S/C13H21N5O3/c1-9(2)12-11(13(20)21)14-15-18(12)8-10(19)17-6-4-16(3)5-7-17/h9H,4-8H2,1-3H3,(H,20,21). The van der Waals surface area contributed by atoms with Gasteiger partial charge in [-0.1, -0.05) is 19.1 Å². The van der Waals surface area contributed by atoms with Crippen LogP contribution in [-0.2, 0) is 11.3 Å². The maximum absolute atomic E-state index is 12.3. The first-order valence-corrected chi connectivity index (χ1v) is 7.03. The summed E-state index contributed by atoms with van der Waals surface area (Å²) < 4.78 is 1.41. The van der Waals surface area contributed by atoms with Crippen LogP contribution in [0.3, 0.4) is 0 Å². The van der Waals surface area contributed by atoms with Crippen LogP contribution in [0.15, 0.2) is 0 Å². The van der Waals surface area contributed by atoms with E-state index in [0.717, 1.165) is 13.1 Å². The zero-order chi connectivity index (χ0) is 15.6.